The number of hydrogen-bond donors (Lipinski definition) is 0. The number of nitrogens with zero attached hydrogens (tertiary/aromatic N) is 1. The first-order valence-electron chi connectivity index (χ1n) is 4.51. The molecule has 0 rings (SSSR count). The molecule has 0 aromatic carbocycles. The van der Waals surface area contributed by atoms with Crippen LogP contribution in [0.5, 0.6) is 0 Å². The summed E-state index contributed by atoms with van der Waals surface area (Å²) in [5.74, 6) is 0.146. The Morgan fingerprint density at radius 2 is 2.07 bits per heavy atom. The zero-order chi connectivity index (χ0) is 11.0. The van der Waals surface area contributed by atoms with Crippen LogP contribution < -0.4 is 0 Å². The molecule has 0 fully saturated rings. The molecule has 14 heavy (non-hydrogen) atoms. The Hall–Kier alpha value is -1.50. The van der Waals surface area contributed by atoms with E-state index in [1.54, 1.807) is 6.92 Å². The van der Waals surface area contributed by atoms with Crippen LogP contribution in [0.25, 0.3) is 0 Å². The van der Waals surface area contributed by atoms with Crippen molar-refractivity contribution < 1.29 is 14.3 Å². The van der Waals surface area contributed by atoms with Crippen LogP contribution in [0.4, 0.5) is 0 Å². The van der Waals surface area contributed by atoms with Gasteiger partial charge in [-0.2, -0.15) is 5.26 Å². The van der Waals surface area contributed by atoms with E-state index in [4.69, 9.17) is 14.7 Å². The van der Waals surface area contributed by atoms with Gasteiger partial charge in [0.1, 0.15) is 5.76 Å². The molecule has 4 nitrogen and oxygen atoms in total. The Balaban J connectivity index is 4.51. The minimum Gasteiger partial charge on any atom is -0.500 e. The number of rotatable bonds is 5. The van der Waals surface area contributed by atoms with Crippen molar-refractivity contribution in [1.82, 2.24) is 0 Å². The molecule has 0 unspecified atom stereocenters. The molecule has 0 aromatic heterocycles. The maximum absolute atomic E-state index is 11.1. The van der Waals surface area contributed by atoms with E-state index in [-0.39, 0.29) is 6.42 Å². The normalized spacial score (nSPS) is 11.3. The summed E-state index contributed by atoms with van der Waals surface area (Å²) in [5, 5.41) is 8.78. The molecule has 0 saturated heterocycles. The van der Waals surface area contributed by atoms with E-state index in [1.807, 2.05) is 13.0 Å². The van der Waals surface area contributed by atoms with Crippen molar-refractivity contribution in [3.05, 3.63) is 11.3 Å². The maximum atomic E-state index is 11.1. The highest BCUT2D eigenvalue weighted by molar-refractivity contribution is 5.73. The van der Waals surface area contributed by atoms with Gasteiger partial charge in [0.2, 0.25) is 0 Å². The van der Waals surface area contributed by atoms with Gasteiger partial charge < -0.3 is 9.47 Å². The van der Waals surface area contributed by atoms with Crippen LogP contribution in [0.3, 0.4) is 0 Å². The Morgan fingerprint density at radius 1 is 1.43 bits per heavy atom. The lowest BCUT2D eigenvalue weighted by Gasteiger charge is -2.06. The van der Waals surface area contributed by atoms with Gasteiger partial charge >= 0.3 is 5.97 Å². The summed E-state index contributed by atoms with van der Waals surface area (Å²) in [5.41, 5.74) is 0.341. The van der Waals surface area contributed by atoms with Gasteiger partial charge in [-0.1, -0.05) is 6.92 Å². The van der Waals surface area contributed by atoms with Crippen molar-refractivity contribution in [3.63, 3.8) is 0 Å². The van der Waals surface area contributed by atoms with Gasteiger partial charge in [-0.15, -0.1) is 0 Å². The van der Waals surface area contributed by atoms with Crippen LogP contribution in [0.2, 0.25) is 0 Å². The molecule has 0 N–H and O–H groups in total. The fraction of sp³-hybridized carbons (Fsp3) is 0.600. The molecule has 78 valence electrons. The second kappa shape index (κ2) is 6.96. The molecular formula is C10H15NO3. The highest BCUT2D eigenvalue weighted by Crippen LogP contribution is 2.12. The van der Waals surface area contributed by atoms with E-state index in [0.29, 0.717) is 24.4 Å². The Kier molecular flexibility index (Phi) is 6.21. The molecule has 0 radical (unpaired) electrons. The first kappa shape index (κ1) is 12.5. The molecule has 0 aliphatic rings. The summed E-state index contributed by atoms with van der Waals surface area (Å²) in [7, 11) is 1.49. The molecule has 0 aliphatic heterocycles. The summed E-state index contributed by atoms with van der Waals surface area (Å²) in [4.78, 5) is 11.1. The lowest BCUT2D eigenvalue weighted by Crippen LogP contribution is -2.06. The Morgan fingerprint density at radius 3 is 2.43 bits per heavy atom. The van der Waals surface area contributed by atoms with Crippen LogP contribution >= 0.6 is 0 Å². The van der Waals surface area contributed by atoms with Gasteiger partial charge in [0.15, 0.2) is 0 Å². The van der Waals surface area contributed by atoms with Crippen molar-refractivity contribution >= 4 is 5.97 Å². The lowest BCUT2D eigenvalue weighted by atomic mass is 10.1. The summed E-state index contributed by atoms with van der Waals surface area (Å²) in [6.45, 7) is 3.91. The zero-order valence-electron chi connectivity index (χ0n) is 8.79. The molecule has 0 aliphatic carbocycles. The van der Waals surface area contributed by atoms with E-state index in [1.165, 1.54) is 7.11 Å². The predicted octanol–water partition coefficient (Wildman–Crippen LogP) is 1.77. The molecule has 0 bridgehead atoms. The summed E-state index contributed by atoms with van der Waals surface area (Å²) < 4.78 is 9.71. The number of hydrogen-bond acceptors (Lipinski definition) is 4. The lowest BCUT2D eigenvalue weighted by molar-refractivity contribution is -0.142. The predicted molar refractivity (Wildman–Crippen MR) is 51.2 cm³/mol. The summed E-state index contributed by atoms with van der Waals surface area (Å²) in [6, 6.07) is 1.95. The van der Waals surface area contributed by atoms with Crippen molar-refractivity contribution in [1.29, 1.82) is 5.26 Å². The molecular weight excluding hydrogens is 182 g/mol. The van der Waals surface area contributed by atoms with E-state index in [2.05, 4.69) is 0 Å². The number of methoxy groups -OCH3 is 1. The molecule has 4 heteroatoms. The zero-order valence-corrected chi connectivity index (χ0v) is 8.79. The van der Waals surface area contributed by atoms with E-state index >= 15 is 0 Å². The van der Waals surface area contributed by atoms with Crippen LogP contribution in [0.15, 0.2) is 11.3 Å². The smallest absolute Gasteiger partial charge is 0.311 e. The second-order valence-electron chi connectivity index (χ2n) is 2.55. The Labute approximate surface area is 84.1 Å². The Bertz CT molecular complexity index is 257. The van der Waals surface area contributed by atoms with E-state index in [0.717, 1.165) is 0 Å². The van der Waals surface area contributed by atoms with Gasteiger partial charge in [-0.05, 0) is 6.92 Å². The van der Waals surface area contributed by atoms with Gasteiger partial charge in [-0.3, -0.25) is 4.79 Å². The van der Waals surface area contributed by atoms with Gasteiger partial charge in [0.25, 0.3) is 0 Å². The highest BCUT2D eigenvalue weighted by atomic mass is 16.5. The van der Waals surface area contributed by atoms with Crippen molar-refractivity contribution in [2.75, 3.05) is 13.7 Å². The number of ether oxygens (including phenoxy) is 2. The summed E-state index contributed by atoms with van der Waals surface area (Å²) >= 11 is 0. The molecule has 0 spiro atoms. The quantitative estimate of drug-likeness (QED) is 0.383. The molecule has 0 atom stereocenters. The average molecular weight is 197 g/mol. The van der Waals surface area contributed by atoms with Crippen LogP contribution in [-0.2, 0) is 14.3 Å². The van der Waals surface area contributed by atoms with Crippen molar-refractivity contribution in [2.45, 2.75) is 26.7 Å². The van der Waals surface area contributed by atoms with E-state index < -0.39 is 5.97 Å². The number of carbonyl (C=O) groups excluding carboxylic acids is 1. The van der Waals surface area contributed by atoms with Crippen molar-refractivity contribution in [2.24, 2.45) is 0 Å². The van der Waals surface area contributed by atoms with E-state index in [9.17, 15) is 4.79 Å². The SMILES string of the molecule is CCOC(=O)C/C(C#N)=C(/CC)OC. The number of esters is 1. The minimum absolute atomic E-state index is 0.0125. The fourth-order valence-electron chi connectivity index (χ4n) is 1.04. The topological polar surface area (TPSA) is 59.3 Å². The van der Waals surface area contributed by atoms with Crippen LogP contribution in [0.1, 0.15) is 26.7 Å². The average Bonchev–Trinajstić information content (AvgIpc) is 2.18. The molecule has 0 saturated carbocycles. The van der Waals surface area contributed by atoms with Gasteiger partial charge in [0, 0.05) is 6.42 Å². The maximum Gasteiger partial charge on any atom is 0.311 e. The fourth-order valence-corrected chi connectivity index (χ4v) is 1.04. The number of allylic oxidation sites excluding steroid dienone is 1. The largest absolute Gasteiger partial charge is 0.500 e. The molecule has 0 amide bonds. The molecule has 0 aromatic rings. The highest BCUT2D eigenvalue weighted by Gasteiger charge is 2.11. The van der Waals surface area contributed by atoms with Gasteiger partial charge in [-0.25, -0.2) is 0 Å². The third-order valence-electron chi connectivity index (χ3n) is 1.67. The standard InChI is InChI=1S/C10H15NO3/c1-4-9(13-3)8(7-11)6-10(12)14-5-2/h4-6H2,1-3H3/b9-8+. The monoisotopic (exact) mass is 197 g/mol. The van der Waals surface area contributed by atoms with Crippen molar-refractivity contribution in [3.8, 4) is 6.07 Å². The number of nitriles is 1. The second-order valence-corrected chi connectivity index (χ2v) is 2.55. The van der Waals surface area contributed by atoms with Gasteiger partial charge in [0.05, 0.1) is 31.8 Å². The van der Waals surface area contributed by atoms with Crippen LogP contribution in [-0.4, -0.2) is 19.7 Å². The molecule has 0 heterocycles. The first-order chi connectivity index (χ1) is 6.69. The third kappa shape index (κ3) is 3.94. The third-order valence-corrected chi connectivity index (χ3v) is 1.67. The number of carbonyl (C=O) groups is 1. The first-order valence-corrected chi connectivity index (χ1v) is 4.51. The minimum atomic E-state index is -0.396. The van der Waals surface area contributed by atoms with Crippen LogP contribution in [0, 0.1) is 11.3 Å². The summed E-state index contributed by atoms with van der Waals surface area (Å²) in [6.07, 6.45) is 0.583.